The Labute approximate surface area is 333 Å². The second-order valence-corrected chi connectivity index (χ2v) is 14.8. The molecule has 0 aliphatic carbocycles. The fourth-order valence-electron chi connectivity index (χ4n) is 6.24. The Bertz CT molecular complexity index is 1140. The van der Waals surface area contributed by atoms with Gasteiger partial charge in [0.25, 0.3) is 0 Å². The third-order valence-electron chi connectivity index (χ3n) is 9.84. The fourth-order valence-corrected chi connectivity index (χ4v) is 6.24. The van der Waals surface area contributed by atoms with E-state index in [9.17, 15) is 49.2 Å². The summed E-state index contributed by atoms with van der Waals surface area (Å²) in [6, 6.07) is -7.24. The van der Waals surface area contributed by atoms with Gasteiger partial charge in [0.05, 0.1) is 18.8 Å². The predicted molar refractivity (Wildman–Crippen MR) is 214 cm³/mol. The van der Waals surface area contributed by atoms with Gasteiger partial charge in [0.1, 0.15) is 30.2 Å². The first-order chi connectivity index (χ1) is 26.7. The predicted octanol–water partition coefficient (Wildman–Crippen LogP) is 0.940. The number of hydrogen-bond acceptors (Lipinski definition) is 11. The summed E-state index contributed by atoms with van der Waals surface area (Å²) in [4.78, 5) is 79.1. The van der Waals surface area contributed by atoms with Crippen molar-refractivity contribution in [2.45, 2.75) is 185 Å². The van der Waals surface area contributed by atoms with Crippen LogP contribution in [0.25, 0.3) is 0 Å². The van der Waals surface area contributed by atoms with Gasteiger partial charge in [0.2, 0.25) is 29.5 Å². The van der Waals surface area contributed by atoms with Crippen molar-refractivity contribution in [1.82, 2.24) is 26.2 Å². The molecular formula is C39H75N7O10. The summed E-state index contributed by atoms with van der Waals surface area (Å²) in [5, 5.41) is 48.8. The number of aliphatic carboxylic acids is 1. The first-order valence-corrected chi connectivity index (χ1v) is 20.7. The van der Waals surface area contributed by atoms with E-state index in [0.717, 1.165) is 19.3 Å². The van der Waals surface area contributed by atoms with Crippen LogP contribution >= 0.6 is 0 Å². The van der Waals surface area contributed by atoms with E-state index in [1.54, 1.807) is 0 Å². The number of likely N-dealkylation sites (N-methyl/N-ethyl adjacent to an activating group) is 1. The van der Waals surface area contributed by atoms with Gasteiger partial charge in [-0.15, -0.1) is 0 Å². The highest BCUT2D eigenvalue weighted by Crippen LogP contribution is 2.15. The highest BCUT2D eigenvalue weighted by molar-refractivity contribution is 5.96. The molecule has 0 heterocycles. The van der Waals surface area contributed by atoms with E-state index >= 15 is 0 Å². The minimum Gasteiger partial charge on any atom is -0.480 e. The molecule has 0 aromatic rings. The van der Waals surface area contributed by atoms with Gasteiger partial charge in [-0.3, -0.25) is 24.0 Å². The standard InChI is InChI=1S/C39H75N7O10/c1-5-6-7-8-9-10-11-12-13-14-15-16-17-23-32(50)46(4)31(22-18-19-24-40)36(52)44-34(28(3)49)38(54)45-33(27(2)48)37(53)42-29(21-20-25-41)35(51)43-30(26-47)39(55)56/h27-31,33-34,47-49H,5-26,40-41H2,1-4H3,(H,42,53)(H,43,51)(H,44,52)(H,45,54)(H,55,56)/t27-,28-,29+,30+,31+,33+,34+/m1/s1. The molecule has 17 heteroatoms. The lowest BCUT2D eigenvalue weighted by Gasteiger charge is -2.31. The van der Waals surface area contributed by atoms with Crippen LogP contribution in [0.15, 0.2) is 0 Å². The summed E-state index contributed by atoms with van der Waals surface area (Å²) in [6.45, 7) is 4.27. The average Bonchev–Trinajstić information content (AvgIpc) is 3.15. The van der Waals surface area contributed by atoms with E-state index in [2.05, 4.69) is 28.2 Å². The normalized spacial score (nSPS) is 15.0. The van der Waals surface area contributed by atoms with Gasteiger partial charge in [-0.25, -0.2) is 4.79 Å². The largest absolute Gasteiger partial charge is 0.480 e. The Hall–Kier alpha value is -3.38. The number of rotatable bonds is 34. The molecule has 0 saturated carbocycles. The molecule has 0 fully saturated rings. The number of aliphatic hydroxyl groups excluding tert-OH is 3. The lowest BCUT2D eigenvalue weighted by molar-refractivity contribution is -0.143. The van der Waals surface area contributed by atoms with Gasteiger partial charge in [0.15, 0.2) is 0 Å². The fraction of sp³-hybridized carbons (Fsp3) is 0.846. The molecule has 326 valence electrons. The maximum absolute atomic E-state index is 13.7. The maximum Gasteiger partial charge on any atom is 0.328 e. The third kappa shape index (κ3) is 22.4. The van der Waals surface area contributed by atoms with Crippen molar-refractivity contribution in [3.05, 3.63) is 0 Å². The molecule has 0 radical (unpaired) electrons. The highest BCUT2D eigenvalue weighted by Gasteiger charge is 2.36. The molecule has 0 saturated heterocycles. The SMILES string of the molecule is CCCCCCCCCCCCCCCC(=O)N(C)[C@@H](CCCCN)C(=O)N[C@H](C(=O)N[C@H](C(=O)N[C@@H](CCCN)C(=O)N[C@@H](CO)C(=O)O)[C@@H](C)O)[C@@H](C)O. The molecule has 0 aliphatic rings. The monoisotopic (exact) mass is 802 g/mol. The molecule has 56 heavy (non-hydrogen) atoms. The van der Waals surface area contributed by atoms with Gasteiger partial charge in [0, 0.05) is 13.5 Å². The van der Waals surface area contributed by atoms with Crippen LogP contribution < -0.4 is 32.7 Å². The number of nitrogens with two attached hydrogens (primary N) is 2. The Morgan fingerprint density at radius 2 is 1.02 bits per heavy atom. The smallest absolute Gasteiger partial charge is 0.328 e. The van der Waals surface area contributed by atoms with Crippen LogP contribution in [0, 0.1) is 0 Å². The third-order valence-corrected chi connectivity index (χ3v) is 9.84. The van der Waals surface area contributed by atoms with Crippen molar-refractivity contribution < 1.29 is 49.2 Å². The van der Waals surface area contributed by atoms with Crippen molar-refractivity contribution in [3.8, 4) is 0 Å². The molecular weight excluding hydrogens is 726 g/mol. The molecule has 0 spiro atoms. The number of nitrogens with one attached hydrogen (secondary N) is 4. The van der Waals surface area contributed by atoms with Crippen molar-refractivity contribution >= 4 is 35.5 Å². The van der Waals surface area contributed by atoms with Crippen LogP contribution in [-0.4, -0.2) is 130 Å². The van der Waals surface area contributed by atoms with Gasteiger partial charge >= 0.3 is 5.97 Å². The number of hydrogen-bond donors (Lipinski definition) is 10. The topological polar surface area (TPSA) is 287 Å². The van der Waals surface area contributed by atoms with Crippen LogP contribution in [0.3, 0.4) is 0 Å². The minimum atomic E-state index is -1.67. The summed E-state index contributed by atoms with van der Waals surface area (Å²) in [5.41, 5.74) is 11.2. The number of amides is 5. The zero-order chi connectivity index (χ0) is 42.5. The molecule has 0 rings (SSSR count). The Morgan fingerprint density at radius 1 is 0.571 bits per heavy atom. The molecule has 7 atom stereocenters. The van der Waals surface area contributed by atoms with Crippen molar-refractivity contribution in [2.75, 3.05) is 26.7 Å². The zero-order valence-electron chi connectivity index (χ0n) is 34.4. The van der Waals surface area contributed by atoms with Crippen LogP contribution in [0.4, 0.5) is 0 Å². The van der Waals surface area contributed by atoms with Crippen LogP contribution in [0.2, 0.25) is 0 Å². The number of carboxylic acid groups (broad SMARTS) is 1. The molecule has 17 nitrogen and oxygen atoms in total. The molecule has 0 aromatic carbocycles. The summed E-state index contributed by atoms with van der Waals surface area (Å²) in [5.74, 6) is -5.41. The zero-order valence-corrected chi connectivity index (χ0v) is 34.4. The second-order valence-electron chi connectivity index (χ2n) is 14.8. The number of carbonyl (C=O) groups is 6. The molecule has 5 amide bonds. The first-order valence-electron chi connectivity index (χ1n) is 20.7. The highest BCUT2D eigenvalue weighted by atomic mass is 16.4. The van der Waals surface area contributed by atoms with Gasteiger partial charge in [-0.2, -0.15) is 0 Å². The maximum atomic E-state index is 13.7. The van der Waals surface area contributed by atoms with Crippen molar-refractivity contribution in [3.63, 3.8) is 0 Å². The molecule has 0 bridgehead atoms. The molecule has 0 aromatic heterocycles. The molecule has 12 N–H and O–H groups in total. The molecule has 0 unspecified atom stereocenters. The second kappa shape index (κ2) is 31.7. The average molecular weight is 802 g/mol. The van der Waals surface area contributed by atoms with Crippen molar-refractivity contribution in [2.24, 2.45) is 11.5 Å². The Balaban J connectivity index is 5.47. The van der Waals surface area contributed by atoms with Crippen molar-refractivity contribution in [1.29, 1.82) is 0 Å². The van der Waals surface area contributed by atoms with Gasteiger partial charge in [-0.05, 0) is 65.5 Å². The Morgan fingerprint density at radius 3 is 1.46 bits per heavy atom. The number of nitrogens with zero attached hydrogens (tertiary/aromatic N) is 1. The van der Waals surface area contributed by atoms with E-state index in [0.29, 0.717) is 25.8 Å². The first kappa shape index (κ1) is 52.6. The number of carboxylic acids is 1. The summed E-state index contributed by atoms with van der Waals surface area (Å²) >= 11 is 0. The van der Waals surface area contributed by atoms with Crippen LogP contribution in [0.1, 0.15) is 143 Å². The van der Waals surface area contributed by atoms with E-state index in [1.807, 2.05) is 0 Å². The lowest BCUT2D eigenvalue weighted by Crippen LogP contribution is -2.62. The number of carbonyl (C=O) groups excluding carboxylic acids is 5. The number of unbranched alkanes of at least 4 members (excludes halogenated alkanes) is 13. The van der Waals surface area contributed by atoms with Gasteiger partial charge in [-0.1, -0.05) is 84.0 Å². The quantitative estimate of drug-likeness (QED) is 0.0407. The summed E-state index contributed by atoms with van der Waals surface area (Å²) in [7, 11) is 1.53. The van der Waals surface area contributed by atoms with Crippen LogP contribution in [0.5, 0.6) is 0 Å². The number of aliphatic hydroxyl groups is 3. The van der Waals surface area contributed by atoms with E-state index in [4.69, 9.17) is 11.5 Å². The Kier molecular flexibility index (Phi) is 29.8. The van der Waals surface area contributed by atoms with E-state index in [1.165, 1.54) is 83.6 Å². The lowest BCUT2D eigenvalue weighted by atomic mass is 10.0. The summed E-state index contributed by atoms with van der Waals surface area (Å²) in [6.07, 6.45) is 14.0. The van der Waals surface area contributed by atoms with E-state index in [-0.39, 0.29) is 38.1 Å². The molecule has 0 aliphatic heterocycles. The van der Waals surface area contributed by atoms with Crippen LogP contribution in [-0.2, 0) is 28.8 Å². The summed E-state index contributed by atoms with van der Waals surface area (Å²) < 4.78 is 0. The van der Waals surface area contributed by atoms with E-state index < -0.39 is 78.6 Å². The van der Waals surface area contributed by atoms with Gasteiger partial charge < -0.3 is 58.1 Å². The minimum absolute atomic E-state index is 0.0319.